The van der Waals surface area contributed by atoms with Crippen LogP contribution in [0.4, 0.5) is 13.2 Å². The minimum absolute atomic E-state index is 0.0333. The Balaban J connectivity index is 1.97. The van der Waals surface area contributed by atoms with Gasteiger partial charge in [-0.25, -0.2) is 9.59 Å². The van der Waals surface area contributed by atoms with E-state index in [2.05, 4.69) is 9.47 Å². The molecule has 0 fully saturated rings. The SMILES string of the molecule is COC(=O)c1cc(COC(=O)c2ccc(OC(F)(F)F)cc2)oc1C. The van der Waals surface area contributed by atoms with E-state index in [0.717, 1.165) is 24.3 Å². The molecule has 0 spiro atoms. The van der Waals surface area contributed by atoms with Gasteiger partial charge in [-0.1, -0.05) is 0 Å². The number of hydrogen-bond acceptors (Lipinski definition) is 6. The predicted octanol–water partition coefficient (Wildman–Crippen LogP) is 3.63. The molecule has 0 aliphatic rings. The molecule has 0 radical (unpaired) electrons. The number of furan rings is 1. The van der Waals surface area contributed by atoms with E-state index in [1.165, 1.54) is 13.2 Å². The van der Waals surface area contributed by atoms with Crippen molar-refractivity contribution >= 4 is 11.9 Å². The van der Waals surface area contributed by atoms with Gasteiger partial charge in [-0.05, 0) is 37.3 Å². The lowest BCUT2D eigenvalue weighted by molar-refractivity contribution is -0.274. The Morgan fingerprint density at radius 3 is 2.32 bits per heavy atom. The molecule has 2 aromatic rings. The number of halogens is 3. The summed E-state index contributed by atoms with van der Waals surface area (Å²) in [5, 5.41) is 0. The molecular weight excluding hydrogens is 345 g/mol. The van der Waals surface area contributed by atoms with E-state index in [4.69, 9.17) is 9.15 Å². The van der Waals surface area contributed by atoms with Gasteiger partial charge in [0.1, 0.15) is 29.4 Å². The van der Waals surface area contributed by atoms with Crippen LogP contribution in [0.1, 0.15) is 32.2 Å². The molecular formula is C16H13F3O6. The van der Waals surface area contributed by atoms with E-state index in [-0.39, 0.29) is 23.5 Å². The molecule has 0 aliphatic carbocycles. The Labute approximate surface area is 140 Å². The molecule has 134 valence electrons. The highest BCUT2D eigenvalue weighted by Crippen LogP contribution is 2.23. The molecule has 1 heterocycles. The van der Waals surface area contributed by atoms with Crippen molar-refractivity contribution in [2.24, 2.45) is 0 Å². The third-order valence-electron chi connectivity index (χ3n) is 3.04. The second-order valence-electron chi connectivity index (χ2n) is 4.82. The van der Waals surface area contributed by atoms with Crippen LogP contribution in [-0.4, -0.2) is 25.4 Å². The molecule has 0 unspecified atom stereocenters. The van der Waals surface area contributed by atoms with Gasteiger partial charge in [0.25, 0.3) is 0 Å². The van der Waals surface area contributed by atoms with Gasteiger partial charge in [-0.2, -0.15) is 0 Å². The van der Waals surface area contributed by atoms with Crippen molar-refractivity contribution in [2.45, 2.75) is 19.9 Å². The summed E-state index contributed by atoms with van der Waals surface area (Å²) >= 11 is 0. The fourth-order valence-corrected chi connectivity index (χ4v) is 1.94. The maximum atomic E-state index is 12.1. The monoisotopic (exact) mass is 358 g/mol. The van der Waals surface area contributed by atoms with Crippen LogP contribution in [0.25, 0.3) is 0 Å². The van der Waals surface area contributed by atoms with Gasteiger partial charge in [0.2, 0.25) is 0 Å². The lowest BCUT2D eigenvalue weighted by Gasteiger charge is -2.09. The zero-order valence-corrected chi connectivity index (χ0v) is 13.2. The number of aryl methyl sites for hydroxylation is 1. The molecule has 0 aliphatic heterocycles. The second-order valence-corrected chi connectivity index (χ2v) is 4.82. The van der Waals surface area contributed by atoms with E-state index in [1.54, 1.807) is 6.92 Å². The predicted molar refractivity (Wildman–Crippen MR) is 77.0 cm³/mol. The van der Waals surface area contributed by atoms with Crippen LogP contribution in [0.2, 0.25) is 0 Å². The van der Waals surface area contributed by atoms with E-state index in [1.807, 2.05) is 0 Å². The van der Waals surface area contributed by atoms with Crippen molar-refractivity contribution in [3.05, 3.63) is 53.0 Å². The average molecular weight is 358 g/mol. The number of benzene rings is 1. The molecule has 0 N–H and O–H groups in total. The Morgan fingerprint density at radius 1 is 1.12 bits per heavy atom. The molecule has 6 nitrogen and oxygen atoms in total. The number of carbonyl (C=O) groups excluding carboxylic acids is 2. The summed E-state index contributed by atoms with van der Waals surface area (Å²) in [7, 11) is 1.22. The van der Waals surface area contributed by atoms with Crippen LogP contribution in [0.5, 0.6) is 5.75 Å². The Morgan fingerprint density at radius 2 is 1.76 bits per heavy atom. The highest BCUT2D eigenvalue weighted by Gasteiger charge is 2.31. The van der Waals surface area contributed by atoms with Crippen LogP contribution in [0, 0.1) is 6.92 Å². The number of esters is 2. The Kier molecular flexibility index (Phi) is 5.35. The minimum Gasteiger partial charge on any atom is -0.465 e. The number of carbonyl (C=O) groups is 2. The van der Waals surface area contributed by atoms with Gasteiger partial charge in [-0.3, -0.25) is 0 Å². The third-order valence-corrected chi connectivity index (χ3v) is 3.04. The molecule has 25 heavy (non-hydrogen) atoms. The zero-order chi connectivity index (χ0) is 18.6. The first-order valence-electron chi connectivity index (χ1n) is 6.90. The molecule has 9 heteroatoms. The number of methoxy groups -OCH3 is 1. The summed E-state index contributed by atoms with van der Waals surface area (Å²) < 4.78 is 54.7. The molecule has 1 aromatic carbocycles. The maximum absolute atomic E-state index is 12.1. The zero-order valence-electron chi connectivity index (χ0n) is 13.2. The normalized spacial score (nSPS) is 11.1. The summed E-state index contributed by atoms with van der Waals surface area (Å²) in [5.74, 6) is -1.27. The number of hydrogen-bond donors (Lipinski definition) is 0. The van der Waals surface area contributed by atoms with Crippen molar-refractivity contribution in [3.63, 3.8) is 0 Å². The van der Waals surface area contributed by atoms with E-state index < -0.39 is 24.1 Å². The number of ether oxygens (including phenoxy) is 3. The second kappa shape index (κ2) is 7.29. The van der Waals surface area contributed by atoms with Crippen LogP contribution < -0.4 is 4.74 Å². The van der Waals surface area contributed by atoms with Crippen molar-refractivity contribution in [1.29, 1.82) is 0 Å². The smallest absolute Gasteiger partial charge is 0.465 e. The van der Waals surface area contributed by atoms with Crippen LogP contribution in [-0.2, 0) is 16.1 Å². The van der Waals surface area contributed by atoms with Crippen molar-refractivity contribution < 1.29 is 41.4 Å². The summed E-state index contributed by atoms with van der Waals surface area (Å²) in [6.45, 7) is 1.30. The molecule has 0 amide bonds. The van der Waals surface area contributed by atoms with Crippen molar-refractivity contribution in [2.75, 3.05) is 7.11 Å². The van der Waals surface area contributed by atoms with Gasteiger partial charge in [0.15, 0.2) is 0 Å². The lowest BCUT2D eigenvalue weighted by atomic mass is 10.2. The fourth-order valence-electron chi connectivity index (χ4n) is 1.94. The first kappa shape index (κ1) is 18.4. The molecule has 0 atom stereocenters. The summed E-state index contributed by atoms with van der Waals surface area (Å²) in [4.78, 5) is 23.3. The van der Waals surface area contributed by atoms with Gasteiger partial charge >= 0.3 is 18.3 Å². The fraction of sp³-hybridized carbons (Fsp3) is 0.250. The summed E-state index contributed by atoms with van der Waals surface area (Å²) in [6, 6.07) is 5.65. The van der Waals surface area contributed by atoms with Gasteiger partial charge in [-0.15, -0.1) is 13.2 Å². The number of alkyl halides is 3. The van der Waals surface area contributed by atoms with Crippen LogP contribution in [0.3, 0.4) is 0 Å². The molecule has 0 saturated carbocycles. The Hall–Kier alpha value is -2.97. The van der Waals surface area contributed by atoms with Crippen molar-refractivity contribution in [1.82, 2.24) is 0 Å². The highest BCUT2D eigenvalue weighted by atomic mass is 19.4. The first-order valence-corrected chi connectivity index (χ1v) is 6.90. The van der Waals surface area contributed by atoms with Gasteiger partial charge in [0, 0.05) is 0 Å². The van der Waals surface area contributed by atoms with E-state index >= 15 is 0 Å². The first-order chi connectivity index (χ1) is 11.7. The highest BCUT2D eigenvalue weighted by molar-refractivity contribution is 5.91. The van der Waals surface area contributed by atoms with Crippen molar-refractivity contribution in [3.8, 4) is 5.75 Å². The average Bonchev–Trinajstić information content (AvgIpc) is 2.92. The molecule has 1 aromatic heterocycles. The standard InChI is InChI=1S/C16H13F3O6/c1-9-13(15(21)22-2)7-12(24-9)8-23-14(20)10-3-5-11(6-4-10)25-16(17,18)19/h3-7H,8H2,1-2H3. The summed E-state index contributed by atoms with van der Waals surface area (Å²) in [5.41, 5.74) is 0.244. The molecule has 0 bridgehead atoms. The largest absolute Gasteiger partial charge is 0.573 e. The van der Waals surface area contributed by atoms with Gasteiger partial charge in [0.05, 0.1) is 12.7 Å². The van der Waals surface area contributed by atoms with Gasteiger partial charge < -0.3 is 18.6 Å². The number of rotatable bonds is 5. The van der Waals surface area contributed by atoms with E-state index in [0.29, 0.717) is 5.76 Å². The minimum atomic E-state index is -4.81. The third kappa shape index (κ3) is 5.00. The molecule has 2 rings (SSSR count). The topological polar surface area (TPSA) is 75.0 Å². The van der Waals surface area contributed by atoms with E-state index in [9.17, 15) is 22.8 Å². The summed E-state index contributed by atoms with van der Waals surface area (Å²) in [6.07, 6.45) is -4.81. The maximum Gasteiger partial charge on any atom is 0.573 e. The van der Waals surface area contributed by atoms with Crippen LogP contribution in [0.15, 0.2) is 34.7 Å². The quantitative estimate of drug-likeness (QED) is 0.760. The lowest BCUT2D eigenvalue weighted by Crippen LogP contribution is -2.17. The molecule has 0 saturated heterocycles. The Bertz CT molecular complexity index is 761. The van der Waals surface area contributed by atoms with Crippen LogP contribution >= 0.6 is 0 Å².